The maximum absolute atomic E-state index is 12.7. The molecule has 0 radical (unpaired) electrons. The number of rotatable bonds is 4. The summed E-state index contributed by atoms with van der Waals surface area (Å²) >= 11 is 6.12. The first-order valence-corrected chi connectivity index (χ1v) is 8.43. The van der Waals surface area contributed by atoms with Gasteiger partial charge in [0.25, 0.3) is 5.91 Å². The lowest BCUT2D eigenvalue weighted by atomic mass is 9.98. The van der Waals surface area contributed by atoms with Crippen LogP contribution >= 0.6 is 11.6 Å². The van der Waals surface area contributed by atoms with Crippen LogP contribution in [0.15, 0.2) is 24.3 Å². The second-order valence-electron chi connectivity index (χ2n) is 6.35. The highest BCUT2D eigenvalue weighted by Crippen LogP contribution is 2.37. The van der Waals surface area contributed by atoms with Crippen molar-refractivity contribution in [3.8, 4) is 5.75 Å². The van der Waals surface area contributed by atoms with Gasteiger partial charge in [-0.25, -0.2) is 0 Å². The Balaban J connectivity index is 1.67. The van der Waals surface area contributed by atoms with Gasteiger partial charge in [0.05, 0.1) is 5.02 Å². The van der Waals surface area contributed by atoms with Crippen LogP contribution in [0, 0.1) is 11.8 Å². The van der Waals surface area contributed by atoms with E-state index in [1.54, 1.807) is 12.1 Å². The third kappa shape index (κ3) is 2.95. The number of hydrogen-bond acceptors (Lipinski definition) is 3. The number of carbonyl (C=O) groups excluding carboxylic acids is 1. The summed E-state index contributed by atoms with van der Waals surface area (Å²) in [6.07, 6.45) is 2.37. The molecule has 4 nitrogen and oxygen atoms in total. The summed E-state index contributed by atoms with van der Waals surface area (Å²) in [6, 6.07) is 7.52. The van der Waals surface area contributed by atoms with E-state index >= 15 is 0 Å². The van der Waals surface area contributed by atoms with Crippen LogP contribution in [-0.4, -0.2) is 36.0 Å². The number of nitrogens with zero attached hydrogens (tertiary/aromatic N) is 1. The van der Waals surface area contributed by atoms with Crippen LogP contribution in [-0.2, 0) is 4.79 Å². The lowest BCUT2D eigenvalue weighted by molar-refractivity contribution is -0.138. The summed E-state index contributed by atoms with van der Waals surface area (Å²) in [6.45, 7) is 3.55. The van der Waals surface area contributed by atoms with E-state index in [0.717, 1.165) is 25.9 Å². The number of likely N-dealkylation sites (tertiary alicyclic amines) is 1. The minimum Gasteiger partial charge on any atom is -0.479 e. The molecule has 1 aliphatic heterocycles. The maximum atomic E-state index is 12.7. The van der Waals surface area contributed by atoms with Gasteiger partial charge in [0.1, 0.15) is 5.75 Å². The number of amides is 1. The predicted molar refractivity (Wildman–Crippen MR) is 86.9 cm³/mol. The van der Waals surface area contributed by atoms with Crippen LogP contribution in [0.5, 0.6) is 5.75 Å². The largest absolute Gasteiger partial charge is 0.479 e. The standard InChI is InChI=1S/C17H23ClN2O2/c1-2-15(22-16-6-4-3-5-13(16)18)17(21)20-9-11-7-8-14(19)12(11)10-20/h3-6,11-12,14-15H,2,7-10,19H2,1H3. The highest BCUT2D eigenvalue weighted by Gasteiger charge is 2.43. The lowest BCUT2D eigenvalue weighted by Gasteiger charge is -2.25. The molecule has 4 unspecified atom stereocenters. The van der Waals surface area contributed by atoms with E-state index in [1.165, 1.54) is 0 Å². The Kier molecular flexibility index (Phi) is 4.59. The van der Waals surface area contributed by atoms with Crippen LogP contribution in [0.4, 0.5) is 0 Å². The summed E-state index contributed by atoms with van der Waals surface area (Å²) in [7, 11) is 0. The summed E-state index contributed by atoms with van der Waals surface area (Å²) in [4.78, 5) is 14.7. The first-order valence-electron chi connectivity index (χ1n) is 8.05. The number of benzene rings is 1. The molecule has 120 valence electrons. The SMILES string of the molecule is CCC(Oc1ccccc1Cl)C(=O)N1CC2CCC(N)C2C1. The first kappa shape index (κ1) is 15.6. The van der Waals surface area contributed by atoms with Crippen molar-refractivity contribution in [2.45, 2.75) is 38.3 Å². The average Bonchev–Trinajstić information content (AvgIpc) is 3.08. The molecule has 2 fully saturated rings. The van der Waals surface area contributed by atoms with E-state index < -0.39 is 6.10 Å². The van der Waals surface area contributed by atoms with E-state index in [4.69, 9.17) is 22.1 Å². The third-order valence-electron chi connectivity index (χ3n) is 4.98. The van der Waals surface area contributed by atoms with Gasteiger partial charge in [0.15, 0.2) is 6.10 Å². The van der Waals surface area contributed by atoms with Crippen LogP contribution in [0.1, 0.15) is 26.2 Å². The fourth-order valence-corrected chi connectivity index (χ4v) is 3.87. The van der Waals surface area contributed by atoms with Gasteiger partial charge in [-0.15, -0.1) is 0 Å². The molecule has 1 aromatic carbocycles. The van der Waals surface area contributed by atoms with E-state index in [2.05, 4.69) is 0 Å². The molecule has 1 aromatic rings. The van der Waals surface area contributed by atoms with Gasteiger partial charge in [-0.2, -0.15) is 0 Å². The van der Waals surface area contributed by atoms with E-state index in [-0.39, 0.29) is 11.9 Å². The van der Waals surface area contributed by atoms with Crippen LogP contribution in [0.2, 0.25) is 5.02 Å². The Bertz CT molecular complexity index is 551. The second kappa shape index (κ2) is 6.47. The molecule has 4 atom stereocenters. The molecule has 3 rings (SSSR count). The number of halogens is 1. The Labute approximate surface area is 136 Å². The van der Waals surface area contributed by atoms with Crippen molar-refractivity contribution in [1.29, 1.82) is 0 Å². The van der Waals surface area contributed by atoms with Crippen molar-refractivity contribution in [2.24, 2.45) is 17.6 Å². The molecule has 0 bridgehead atoms. The van der Waals surface area contributed by atoms with Crippen LogP contribution in [0.3, 0.4) is 0 Å². The molecule has 0 aromatic heterocycles. The molecular formula is C17H23ClN2O2. The number of carbonyl (C=O) groups is 1. The minimum absolute atomic E-state index is 0.0593. The van der Waals surface area contributed by atoms with Crippen molar-refractivity contribution in [1.82, 2.24) is 4.90 Å². The molecule has 2 N–H and O–H groups in total. The summed E-state index contributed by atoms with van der Waals surface area (Å²) in [5.41, 5.74) is 6.15. The Morgan fingerprint density at radius 1 is 1.41 bits per heavy atom. The molecule has 1 saturated heterocycles. The topological polar surface area (TPSA) is 55.6 Å². The molecular weight excluding hydrogens is 300 g/mol. The molecule has 5 heteroatoms. The van der Waals surface area contributed by atoms with Crippen molar-refractivity contribution >= 4 is 17.5 Å². The molecule has 1 aliphatic carbocycles. The molecule has 0 spiro atoms. The van der Waals surface area contributed by atoms with Gasteiger partial charge in [-0.1, -0.05) is 30.7 Å². The van der Waals surface area contributed by atoms with Crippen molar-refractivity contribution in [3.05, 3.63) is 29.3 Å². The zero-order valence-electron chi connectivity index (χ0n) is 12.9. The maximum Gasteiger partial charge on any atom is 0.263 e. The van der Waals surface area contributed by atoms with E-state index in [0.29, 0.717) is 29.0 Å². The molecule has 1 amide bonds. The lowest BCUT2D eigenvalue weighted by Crippen LogP contribution is -2.42. The molecule has 1 heterocycles. The van der Waals surface area contributed by atoms with E-state index in [1.807, 2.05) is 24.0 Å². The number of fused-ring (bicyclic) bond motifs is 1. The number of para-hydroxylation sites is 1. The molecule has 1 saturated carbocycles. The van der Waals surface area contributed by atoms with Gasteiger partial charge in [0, 0.05) is 19.1 Å². The normalized spacial score (nSPS) is 28.5. The smallest absolute Gasteiger partial charge is 0.263 e. The monoisotopic (exact) mass is 322 g/mol. The third-order valence-corrected chi connectivity index (χ3v) is 5.29. The minimum atomic E-state index is -0.477. The zero-order chi connectivity index (χ0) is 15.7. The Morgan fingerprint density at radius 2 is 2.18 bits per heavy atom. The van der Waals surface area contributed by atoms with Gasteiger partial charge in [0.2, 0.25) is 0 Å². The molecule has 22 heavy (non-hydrogen) atoms. The second-order valence-corrected chi connectivity index (χ2v) is 6.76. The fraction of sp³-hybridized carbons (Fsp3) is 0.588. The van der Waals surface area contributed by atoms with Gasteiger partial charge >= 0.3 is 0 Å². The first-order chi connectivity index (χ1) is 10.6. The number of ether oxygens (including phenoxy) is 1. The predicted octanol–water partition coefficient (Wildman–Crippen LogP) is 2.69. The number of nitrogens with two attached hydrogens (primary N) is 1. The van der Waals surface area contributed by atoms with Gasteiger partial charge < -0.3 is 15.4 Å². The molecule has 2 aliphatic rings. The number of hydrogen-bond donors (Lipinski definition) is 1. The quantitative estimate of drug-likeness (QED) is 0.927. The van der Waals surface area contributed by atoms with E-state index in [9.17, 15) is 4.79 Å². The van der Waals surface area contributed by atoms with Crippen LogP contribution in [0.25, 0.3) is 0 Å². The van der Waals surface area contributed by atoms with Gasteiger partial charge in [-0.05, 0) is 43.2 Å². The van der Waals surface area contributed by atoms with Crippen LogP contribution < -0.4 is 10.5 Å². The van der Waals surface area contributed by atoms with Crippen molar-refractivity contribution in [3.63, 3.8) is 0 Å². The van der Waals surface area contributed by atoms with Crippen molar-refractivity contribution < 1.29 is 9.53 Å². The van der Waals surface area contributed by atoms with Gasteiger partial charge in [-0.3, -0.25) is 4.79 Å². The Hall–Kier alpha value is -1.26. The highest BCUT2D eigenvalue weighted by atomic mass is 35.5. The zero-order valence-corrected chi connectivity index (χ0v) is 13.6. The average molecular weight is 323 g/mol. The summed E-state index contributed by atoms with van der Waals surface area (Å²) in [5.74, 6) is 1.66. The van der Waals surface area contributed by atoms with Crippen molar-refractivity contribution in [2.75, 3.05) is 13.1 Å². The highest BCUT2D eigenvalue weighted by molar-refractivity contribution is 6.32. The fourth-order valence-electron chi connectivity index (χ4n) is 3.69. The summed E-state index contributed by atoms with van der Waals surface area (Å²) in [5, 5.41) is 0.536. The Morgan fingerprint density at radius 3 is 2.86 bits per heavy atom. The summed E-state index contributed by atoms with van der Waals surface area (Å²) < 4.78 is 5.86.